The molecule has 0 bridgehead atoms. The van der Waals surface area contributed by atoms with Crippen LogP contribution in [0.4, 0.5) is 5.00 Å². The number of hydrogen-bond donors (Lipinski definition) is 1. The van der Waals surface area contributed by atoms with Crippen LogP contribution in [0.25, 0.3) is 6.08 Å². The van der Waals surface area contributed by atoms with Gasteiger partial charge in [-0.3, -0.25) is 14.5 Å². The highest BCUT2D eigenvalue weighted by Gasteiger charge is 2.32. The van der Waals surface area contributed by atoms with Crippen LogP contribution in [0.2, 0.25) is 0 Å². The molecule has 0 atom stereocenters. The molecule has 2 aliphatic heterocycles. The largest absolute Gasteiger partial charge is 0.462 e. The fourth-order valence-electron chi connectivity index (χ4n) is 4.51. The van der Waals surface area contributed by atoms with Gasteiger partial charge in [0.1, 0.15) is 9.32 Å². The van der Waals surface area contributed by atoms with Gasteiger partial charge in [-0.25, -0.2) is 4.79 Å². The number of thiocarbonyl (C=S) groups is 1. The summed E-state index contributed by atoms with van der Waals surface area (Å²) in [6.45, 7) is 2.58. The number of ether oxygens (including phenoxy) is 3. The van der Waals surface area contributed by atoms with Crippen LogP contribution in [0.1, 0.15) is 59.0 Å². The fraction of sp³-hybridized carbons (Fsp3) is 0.385. The molecule has 1 saturated heterocycles. The van der Waals surface area contributed by atoms with E-state index in [4.69, 9.17) is 26.4 Å². The summed E-state index contributed by atoms with van der Waals surface area (Å²) in [7, 11) is 0. The van der Waals surface area contributed by atoms with E-state index in [0.717, 1.165) is 41.7 Å². The number of carbonyl (C=O) groups is 3. The van der Waals surface area contributed by atoms with Crippen molar-refractivity contribution < 1.29 is 28.6 Å². The molecule has 3 heterocycles. The molecule has 0 radical (unpaired) electrons. The molecule has 8 nitrogen and oxygen atoms in total. The van der Waals surface area contributed by atoms with Crippen LogP contribution in [-0.4, -0.2) is 46.9 Å². The minimum Gasteiger partial charge on any atom is -0.462 e. The summed E-state index contributed by atoms with van der Waals surface area (Å²) in [5.74, 6) is 0.561. The van der Waals surface area contributed by atoms with Crippen molar-refractivity contribution in [3.63, 3.8) is 0 Å². The van der Waals surface area contributed by atoms with Crippen LogP contribution < -0.4 is 14.8 Å². The summed E-state index contributed by atoms with van der Waals surface area (Å²) in [6, 6.07) is 5.49. The number of thioether (sulfide) groups is 1. The Hall–Kier alpha value is -2.89. The monoisotopic (exact) mass is 558 g/mol. The van der Waals surface area contributed by atoms with Crippen molar-refractivity contribution >= 4 is 68.5 Å². The van der Waals surface area contributed by atoms with Gasteiger partial charge in [-0.05, 0) is 68.4 Å². The van der Waals surface area contributed by atoms with Gasteiger partial charge in [-0.15, -0.1) is 11.3 Å². The average molecular weight is 559 g/mol. The SMILES string of the molecule is CCOC(=O)c1c(NC(=O)CCCN2C(=O)/C(=C/c3ccc4c(c3)OCO4)SC2=S)sc2c1CCCC2. The molecule has 2 aromatic rings. The Morgan fingerprint density at radius 2 is 2.03 bits per heavy atom. The van der Waals surface area contributed by atoms with Crippen molar-refractivity contribution in [3.8, 4) is 11.5 Å². The molecule has 1 fully saturated rings. The van der Waals surface area contributed by atoms with Gasteiger partial charge >= 0.3 is 5.97 Å². The predicted molar refractivity (Wildman–Crippen MR) is 147 cm³/mol. The second-order valence-electron chi connectivity index (χ2n) is 8.73. The number of nitrogens with zero attached hydrogens (tertiary/aromatic N) is 1. The zero-order valence-electron chi connectivity index (χ0n) is 20.3. The summed E-state index contributed by atoms with van der Waals surface area (Å²) in [6.07, 6.45) is 6.26. The molecule has 0 saturated carbocycles. The third kappa shape index (κ3) is 5.53. The highest BCUT2D eigenvalue weighted by atomic mass is 32.2. The first-order chi connectivity index (χ1) is 17.9. The quantitative estimate of drug-likeness (QED) is 0.270. The Morgan fingerprint density at radius 3 is 2.86 bits per heavy atom. The number of rotatable bonds is 8. The number of nitrogens with one attached hydrogen (secondary N) is 1. The van der Waals surface area contributed by atoms with Gasteiger partial charge in [0.2, 0.25) is 12.7 Å². The number of carbonyl (C=O) groups excluding carboxylic acids is 3. The summed E-state index contributed by atoms with van der Waals surface area (Å²) in [4.78, 5) is 41.5. The number of hydrogen-bond acceptors (Lipinski definition) is 9. The van der Waals surface area contributed by atoms with Crippen molar-refractivity contribution in [2.45, 2.75) is 45.4 Å². The van der Waals surface area contributed by atoms with E-state index in [-0.39, 0.29) is 37.6 Å². The van der Waals surface area contributed by atoms with Gasteiger partial charge in [-0.2, -0.15) is 0 Å². The van der Waals surface area contributed by atoms with Crippen molar-refractivity contribution in [2.75, 3.05) is 25.3 Å². The Morgan fingerprint density at radius 1 is 1.22 bits per heavy atom. The molecule has 11 heteroatoms. The van der Waals surface area contributed by atoms with Gasteiger partial charge in [-0.1, -0.05) is 30.0 Å². The summed E-state index contributed by atoms with van der Waals surface area (Å²) < 4.78 is 16.5. The zero-order valence-corrected chi connectivity index (χ0v) is 22.7. The Bertz CT molecular complexity index is 1300. The minimum absolute atomic E-state index is 0.177. The Balaban J connectivity index is 1.19. The van der Waals surface area contributed by atoms with Crippen molar-refractivity contribution in [1.82, 2.24) is 4.90 Å². The molecule has 1 aromatic heterocycles. The Kier molecular flexibility index (Phi) is 7.82. The number of amides is 2. The molecular weight excluding hydrogens is 532 g/mol. The lowest BCUT2D eigenvalue weighted by Gasteiger charge is -2.14. The first-order valence-corrected chi connectivity index (χ1v) is 14.2. The number of aryl methyl sites for hydroxylation is 1. The van der Waals surface area contributed by atoms with Crippen molar-refractivity contribution in [2.24, 2.45) is 0 Å². The molecule has 0 spiro atoms. The van der Waals surface area contributed by atoms with Crippen LogP contribution in [0.5, 0.6) is 11.5 Å². The highest BCUT2D eigenvalue weighted by molar-refractivity contribution is 8.26. The first kappa shape index (κ1) is 25.7. The van der Waals surface area contributed by atoms with Crippen LogP contribution in [-0.2, 0) is 27.2 Å². The fourth-order valence-corrected chi connectivity index (χ4v) is 7.11. The minimum atomic E-state index is -0.385. The number of anilines is 1. The molecule has 1 aliphatic carbocycles. The molecule has 37 heavy (non-hydrogen) atoms. The second kappa shape index (κ2) is 11.2. The smallest absolute Gasteiger partial charge is 0.341 e. The predicted octanol–water partition coefficient (Wildman–Crippen LogP) is 5.15. The van der Waals surface area contributed by atoms with Crippen LogP contribution >= 0.6 is 35.3 Å². The lowest BCUT2D eigenvalue weighted by molar-refractivity contribution is -0.122. The maximum atomic E-state index is 13.0. The molecule has 2 amide bonds. The molecule has 3 aliphatic rings. The maximum Gasteiger partial charge on any atom is 0.341 e. The van der Waals surface area contributed by atoms with E-state index < -0.39 is 0 Å². The lowest BCUT2D eigenvalue weighted by atomic mass is 9.95. The average Bonchev–Trinajstić information content (AvgIpc) is 3.55. The third-order valence-corrected chi connectivity index (χ3v) is 8.84. The normalized spacial score (nSPS) is 17.3. The maximum absolute atomic E-state index is 13.0. The molecule has 0 unspecified atom stereocenters. The van der Waals surface area contributed by atoms with Gasteiger partial charge in [0.15, 0.2) is 11.5 Å². The van der Waals surface area contributed by atoms with E-state index in [2.05, 4.69) is 5.32 Å². The van der Waals surface area contributed by atoms with E-state index in [1.165, 1.54) is 28.0 Å². The van der Waals surface area contributed by atoms with Gasteiger partial charge in [0.05, 0.1) is 17.1 Å². The Labute approximate surface area is 228 Å². The third-order valence-electron chi connectivity index (χ3n) is 6.26. The van der Waals surface area contributed by atoms with E-state index in [9.17, 15) is 14.4 Å². The summed E-state index contributed by atoms with van der Waals surface area (Å²) in [5, 5.41) is 3.48. The van der Waals surface area contributed by atoms with E-state index >= 15 is 0 Å². The van der Waals surface area contributed by atoms with Gasteiger partial charge < -0.3 is 19.5 Å². The second-order valence-corrected chi connectivity index (χ2v) is 11.5. The number of esters is 1. The van der Waals surface area contributed by atoms with Crippen LogP contribution in [0.15, 0.2) is 23.1 Å². The lowest BCUT2D eigenvalue weighted by Crippen LogP contribution is -2.29. The van der Waals surface area contributed by atoms with Gasteiger partial charge in [0, 0.05) is 17.8 Å². The van der Waals surface area contributed by atoms with Gasteiger partial charge in [0.25, 0.3) is 5.91 Å². The summed E-state index contributed by atoms with van der Waals surface area (Å²) >= 11 is 8.14. The summed E-state index contributed by atoms with van der Waals surface area (Å²) in [5.41, 5.74) is 2.33. The van der Waals surface area contributed by atoms with E-state index in [1.807, 2.05) is 18.2 Å². The number of thiophene rings is 1. The molecule has 5 rings (SSSR count). The molecule has 1 aromatic carbocycles. The molecule has 1 N–H and O–H groups in total. The molecule has 194 valence electrons. The van der Waals surface area contributed by atoms with Crippen molar-refractivity contribution in [3.05, 3.63) is 44.7 Å². The van der Waals surface area contributed by atoms with Crippen molar-refractivity contribution in [1.29, 1.82) is 0 Å². The molecular formula is C26H26N2O6S3. The standard InChI is InChI=1S/C26H26N2O6S3/c1-2-32-25(31)22-16-6-3-4-7-19(16)36-23(22)27-21(29)8-5-11-28-24(30)20(37-26(28)35)13-15-9-10-17-18(12-15)34-14-33-17/h9-10,12-13H,2-8,11,14H2,1H3,(H,27,29)/b20-13-. The van der Waals surface area contributed by atoms with Crippen LogP contribution in [0.3, 0.4) is 0 Å². The topological polar surface area (TPSA) is 94.2 Å². The van der Waals surface area contributed by atoms with E-state index in [1.54, 1.807) is 13.0 Å². The number of fused-ring (bicyclic) bond motifs is 2. The zero-order chi connectivity index (χ0) is 25.9. The van der Waals surface area contributed by atoms with E-state index in [0.29, 0.717) is 44.3 Å². The highest BCUT2D eigenvalue weighted by Crippen LogP contribution is 2.39. The number of benzene rings is 1. The first-order valence-electron chi connectivity index (χ1n) is 12.2. The van der Waals surface area contributed by atoms with Crippen LogP contribution in [0, 0.1) is 0 Å².